The topological polar surface area (TPSA) is 61.8 Å². The van der Waals surface area contributed by atoms with Crippen molar-refractivity contribution in [3.8, 4) is 0 Å². The lowest BCUT2D eigenvalue weighted by Gasteiger charge is -2.18. The van der Waals surface area contributed by atoms with Crippen molar-refractivity contribution in [1.82, 2.24) is 0 Å². The third-order valence-electron chi connectivity index (χ3n) is 11.3. The molecule has 0 radical (unpaired) electrons. The number of hydrogen-bond donors (Lipinski definition) is 0. The van der Waals surface area contributed by atoms with Crippen LogP contribution in [0.25, 0.3) is 0 Å². The number of allylic oxidation sites excluding steroid dienone is 18. The number of carbonyl (C=O) groups excluding carboxylic acids is 2. The van der Waals surface area contributed by atoms with Gasteiger partial charge in [0.05, 0.1) is 6.61 Å². The van der Waals surface area contributed by atoms with Gasteiger partial charge >= 0.3 is 11.9 Å². The van der Waals surface area contributed by atoms with Crippen molar-refractivity contribution in [2.24, 2.45) is 0 Å². The molecule has 0 aromatic rings. The largest absolute Gasteiger partial charge is 0.462 e. The fourth-order valence-electron chi connectivity index (χ4n) is 7.29. The van der Waals surface area contributed by atoms with Gasteiger partial charge in [0, 0.05) is 19.4 Å². The molecule has 0 aliphatic carbocycles. The van der Waals surface area contributed by atoms with Crippen LogP contribution in [0.1, 0.15) is 239 Å². The van der Waals surface area contributed by atoms with E-state index < -0.39 is 6.10 Å². The van der Waals surface area contributed by atoms with E-state index in [0.717, 1.165) is 116 Å². The number of carbonyl (C=O) groups is 2. The molecule has 0 bridgehead atoms. The predicted molar refractivity (Wildman–Crippen MR) is 288 cm³/mol. The van der Waals surface area contributed by atoms with Crippen LogP contribution >= 0.6 is 0 Å². The zero-order valence-corrected chi connectivity index (χ0v) is 43.2. The zero-order chi connectivity index (χ0) is 47.7. The highest BCUT2D eigenvalue weighted by molar-refractivity contribution is 5.70. The van der Waals surface area contributed by atoms with E-state index in [1.165, 1.54) is 89.9 Å². The molecule has 5 nitrogen and oxygen atoms in total. The number of ether oxygens (including phenoxy) is 3. The average molecular weight is 915 g/mol. The number of hydrogen-bond acceptors (Lipinski definition) is 5. The number of unbranched alkanes of at least 4 members (excludes halogenated alkanes) is 20. The van der Waals surface area contributed by atoms with Crippen LogP contribution in [0.4, 0.5) is 0 Å². The first-order valence-electron chi connectivity index (χ1n) is 27.4. The molecule has 0 saturated carbocycles. The van der Waals surface area contributed by atoms with Gasteiger partial charge in [0.15, 0.2) is 6.10 Å². The van der Waals surface area contributed by atoms with Gasteiger partial charge in [-0.05, 0) is 103 Å². The van der Waals surface area contributed by atoms with Crippen molar-refractivity contribution in [2.45, 2.75) is 245 Å². The van der Waals surface area contributed by atoms with Gasteiger partial charge in [0.1, 0.15) is 6.61 Å². The van der Waals surface area contributed by atoms with Gasteiger partial charge in [-0.2, -0.15) is 0 Å². The van der Waals surface area contributed by atoms with Crippen LogP contribution in [0.5, 0.6) is 0 Å². The van der Waals surface area contributed by atoms with Gasteiger partial charge in [-0.25, -0.2) is 0 Å². The molecule has 5 heteroatoms. The molecule has 0 spiro atoms. The Morgan fingerprint density at radius 1 is 0.348 bits per heavy atom. The Morgan fingerprint density at radius 3 is 1.11 bits per heavy atom. The molecule has 0 N–H and O–H groups in total. The van der Waals surface area contributed by atoms with Gasteiger partial charge in [0.2, 0.25) is 0 Å². The molecule has 0 fully saturated rings. The maximum atomic E-state index is 12.8. The van der Waals surface area contributed by atoms with E-state index in [1.807, 2.05) is 0 Å². The van der Waals surface area contributed by atoms with Crippen molar-refractivity contribution >= 4 is 11.9 Å². The fourth-order valence-corrected chi connectivity index (χ4v) is 7.29. The maximum absolute atomic E-state index is 12.8. The summed E-state index contributed by atoms with van der Waals surface area (Å²) in [6.45, 7) is 7.53. The first-order valence-corrected chi connectivity index (χ1v) is 27.4. The molecule has 0 aromatic heterocycles. The van der Waals surface area contributed by atoms with Gasteiger partial charge in [-0.15, -0.1) is 0 Å². The normalized spacial score (nSPS) is 13.1. The highest BCUT2D eigenvalue weighted by atomic mass is 16.6. The zero-order valence-electron chi connectivity index (χ0n) is 43.2. The SMILES string of the molecule is CC/C=C\C/C=C\C/C=C\C/C=C\C/C=C\CCCCCC(=O)OC[C@@H](COCCCCCCCCCCCCCCCCCC)OC(=O)CCCC/C=C\C/C=C\C/C=C\C/C=C\CC. The molecule has 0 aromatic carbocycles. The highest BCUT2D eigenvalue weighted by Crippen LogP contribution is 2.14. The summed E-state index contributed by atoms with van der Waals surface area (Å²) < 4.78 is 17.4. The minimum absolute atomic E-state index is 0.0471. The fraction of sp³-hybridized carbons (Fsp3) is 0.672. The van der Waals surface area contributed by atoms with Crippen molar-refractivity contribution in [2.75, 3.05) is 19.8 Å². The third kappa shape index (κ3) is 53.2. The second-order valence-corrected chi connectivity index (χ2v) is 17.7. The lowest BCUT2D eigenvalue weighted by atomic mass is 10.0. The molecule has 376 valence electrons. The van der Waals surface area contributed by atoms with Crippen molar-refractivity contribution in [3.05, 3.63) is 109 Å². The lowest BCUT2D eigenvalue weighted by Crippen LogP contribution is -2.30. The van der Waals surface area contributed by atoms with Crippen LogP contribution in [0.3, 0.4) is 0 Å². The molecular formula is C61H102O5. The Morgan fingerprint density at radius 2 is 0.682 bits per heavy atom. The first-order chi connectivity index (χ1) is 32.6. The number of esters is 2. The van der Waals surface area contributed by atoms with Crippen LogP contribution in [-0.4, -0.2) is 37.9 Å². The minimum atomic E-state index is -0.577. The Kier molecular flexibility index (Phi) is 53.0. The molecule has 0 aliphatic heterocycles. The van der Waals surface area contributed by atoms with Crippen LogP contribution in [0, 0.1) is 0 Å². The van der Waals surface area contributed by atoms with Crippen molar-refractivity contribution in [1.29, 1.82) is 0 Å². The molecule has 0 unspecified atom stereocenters. The van der Waals surface area contributed by atoms with E-state index in [-0.39, 0.29) is 25.2 Å². The Labute approximate surface area is 408 Å². The highest BCUT2D eigenvalue weighted by Gasteiger charge is 2.17. The van der Waals surface area contributed by atoms with E-state index in [2.05, 4.69) is 130 Å². The van der Waals surface area contributed by atoms with Crippen LogP contribution < -0.4 is 0 Å². The monoisotopic (exact) mass is 915 g/mol. The smallest absolute Gasteiger partial charge is 0.306 e. The standard InChI is InChI=1S/C61H102O5/c1-4-7-10-13-16-19-22-25-28-30-31-32-34-36-39-42-45-48-51-54-60(62)65-58-59(57-64-56-53-50-47-44-41-38-35-29-26-23-20-17-14-11-8-5-2)66-61(63)55-52-49-46-43-40-37-33-27-24-21-18-15-12-9-6-3/h7,9-10,12,16,18-19,21,25,27-28,31-33,36,39-40,43,59H,4-6,8,11,13-15,17,20,22-24,26,29-30,34-35,37-38,41-42,44-58H2,1-3H3/b10-7-,12-9-,19-16-,21-18-,28-25-,32-31-,33-27-,39-36-,43-40-/t59-/m1/s1. The van der Waals surface area contributed by atoms with Gasteiger partial charge in [0.25, 0.3) is 0 Å². The molecule has 0 aliphatic rings. The van der Waals surface area contributed by atoms with Crippen molar-refractivity contribution in [3.63, 3.8) is 0 Å². The summed E-state index contributed by atoms with van der Waals surface area (Å²) in [6.07, 6.45) is 76.8. The van der Waals surface area contributed by atoms with Crippen LogP contribution in [-0.2, 0) is 23.8 Å². The summed E-state index contributed by atoms with van der Waals surface area (Å²) in [7, 11) is 0. The minimum Gasteiger partial charge on any atom is -0.462 e. The van der Waals surface area contributed by atoms with E-state index in [0.29, 0.717) is 19.4 Å². The summed E-state index contributed by atoms with van der Waals surface area (Å²) in [5.41, 5.74) is 0. The van der Waals surface area contributed by atoms with E-state index >= 15 is 0 Å². The second-order valence-electron chi connectivity index (χ2n) is 17.7. The summed E-state index contributed by atoms with van der Waals surface area (Å²) in [4.78, 5) is 25.4. The summed E-state index contributed by atoms with van der Waals surface area (Å²) in [5.74, 6) is -0.482. The number of rotatable bonds is 49. The van der Waals surface area contributed by atoms with Crippen LogP contribution in [0.2, 0.25) is 0 Å². The second kappa shape index (κ2) is 55.9. The van der Waals surface area contributed by atoms with Crippen molar-refractivity contribution < 1.29 is 23.8 Å². The quantitative estimate of drug-likeness (QED) is 0.0346. The Hall–Kier alpha value is -3.44. The molecule has 0 rings (SSSR count). The predicted octanol–water partition coefficient (Wildman–Crippen LogP) is 18.8. The van der Waals surface area contributed by atoms with E-state index in [4.69, 9.17) is 14.2 Å². The molecule has 1 atom stereocenters. The maximum Gasteiger partial charge on any atom is 0.306 e. The molecule has 0 heterocycles. The van der Waals surface area contributed by atoms with Gasteiger partial charge in [-0.3, -0.25) is 9.59 Å². The summed E-state index contributed by atoms with van der Waals surface area (Å²) in [6, 6.07) is 0. The Balaban J connectivity index is 4.40. The summed E-state index contributed by atoms with van der Waals surface area (Å²) >= 11 is 0. The van der Waals surface area contributed by atoms with Crippen LogP contribution in [0.15, 0.2) is 109 Å². The van der Waals surface area contributed by atoms with E-state index in [9.17, 15) is 9.59 Å². The molecule has 66 heavy (non-hydrogen) atoms. The van der Waals surface area contributed by atoms with Gasteiger partial charge in [-0.1, -0.05) is 233 Å². The molecule has 0 amide bonds. The molecular weight excluding hydrogens is 813 g/mol. The first kappa shape index (κ1) is 62.6. The summed E-state index contributed by atoms with van der Waals surface area (Å²) in [5, 5.41) is 0. The third-order valence-corrected chi connectivity index (χ3v) is 11.3. The lowest BCUT2D eigenvalue weighted by molar-refractivity contribution is -0.163. The Bertz CT molecular complexity index is 1310. The van der Waals surface area contributed by atoms with Gasteiger partial charge < -0.3 is 14.2 Å². The average Bonchev–Trinajstić information content (AvgIpc) is 3.32. The van der Waals surface area contributed by atoms with E-state index in [1.54, 1.807) is 0 Å². The molecule has 0 saturated heterocycles.